The zero-order chi connectivity index (χ0) is 22.5. The first-order chi connectivity index (χ1) is 15.5. The Morgan fingerprint density at radius 1 is 1.06 bits per heavy atom. The maximum Gasteiger partial charge on any atom is 0.313 e. The molecule has 0 atom stereocenters. The largest absolute Gasteiger partial charge is 0.450 e. The number of nitrogens with zero attached hydrogens (tertiary/aromatic N) is 2. The van der Waals surface area contributed by atoms with Crippen LogP contribution < -0.4 is 15.0 Å². The maximum absolute atomic E-state index is 12.7. The fraction of sp³-hybridized carbons (Fsp3) is 0.174. The van der Waals surface area contributed by atoms with E-state index >= 15 is 0 Å². The Balaban J connectivity index is 1.43. The summed E-state index contributed by atoms with van der Waals surface area (Å²) in [6.07, 6.45) is 0. The van der Waals surface area contributed by atoms with Gasteiger partial charge < -0.3 is 19.7 Å². The Morgan fingerprint density at radius 2 is 1.81 bits per heavy atom. The van der Waals surface area contributed by atoms with Gasteiger partial charge >= 0.3 is 5.69 Å². The van der Waals surface area contributed by atoms with Gasteiger partial charge in [0.2, 0.25) is 5.75 Å². The van der Waals surface area contributed by atoms with Gasteiger partial charge in [0.05, 0.1) is 18.1 Å². The van der Waals surface area contributed by atoms with Gasteiger partial charge in [-0.1, -0.05) is 17.7 Å². The molecule has 0 aromatic heterocycles. The first kappa shape index (κ1) is 21.6. The molecule has 3 aromatic rings. The highest BCUT2D eigenvalue weighted by Crippen LogP contribution is 2.33. The van der Waals surface area contributed by atoms with Gasteiger partial charge in [0, 0.05) is 41.1 Å². The highest BCUT2D eigenvalue weighted by Gasteiger charge is 2.17. The molecule has 0 aliphatic carbocycles. The fourth-order valence-electron chi connectivity index (χ4n) is 3.33. The number of nitrogens with one attached hydrogen (secondary N) is 1. The number of benzene rings is 3. The quantitative estimate of drug-likeness (QED) is 0.410. The maximum atomic E-state index is 12.7. The number of carbonyl (C=O) groups excluding carboxylic acids is 1. The number of amides is 1. The van der Waals surface area contributed by atoms with Crippen molar-refractivity contribution in [3.05, 3.63) is 87.4 Å². The number of ether oxygens (including phenoxy) is 2. The van der Waals surface area contributed by atoms with E-state index in [1.54, 1.807) is 24.3 Å². The molecule has 0 spiro atoms. The van der Waals surface area contributed by atoms with E-state index in [1.807, 2.05) is 24.3 Å². The molecule has 1 aliphatic rings. The smallest absolute Gasteiger partial charge is 0.313 e. The van der Waals surface area contributed by atoms with Crippen molar-refractivity contribution in [3.63, 3.8) is 0 Å². The molecule has 0 radical (unpaired) electrons. The molecule has 1 N–H and O–H groups in total. The second-order valence-corrected chi connectivity index (χ2v) is 7.54. The second-order valence-electron chi connectivity index (χ2n) is 7.10. The molecule has 1 fully saturated rings. The minimum Gasteiger partial charge on any atom is -0.450 e. The summed E-state index contributed by atoms with van der Waals surface area (Å²) in [6.45, 7) is 2.99. The highest BCUT2D eigenvalue weighted by molar-refractivity contribution is 6.30. The van der Waals surface area contributed by atoms with Crippen LogP contribution in [0, 0.1) is 10.1 Å². The van der Waals surface area contributed by atoms with E-state index in [0.29, 0.717) is 30.2 Å². The molecule has 1 heterocycles. The van der Waals surface area contributed by atoms with Gasteiger partial charge in [-0.25, -0.2) is 0 Å². The van der Waals surface area contributed by atoms with Crippen LogP contribution in [0.3, 0.4) is 0 Å². The Bertz CT molecular complexity index is 1130. The Hall–Kier alpha value is -3.62. The van der Waals surface area contributed by atoms with Gasteiger partial charge in [-0.2, -0.15) is 0 Å². The molecule has 32 heavy (non-hydrogen) atoms. The Labute approximate surface area is 189 Å². The number of halogens is 1. The third-order valence-electron chi connectivity index (χ3n) is 4.94. The second kappa shape index (κ2) is 9.67. The molecule has 0 saturated carbocycles. The molecule has 9 heteroatoms. The van der Waals surface area contributed by atoms with Gasteiger partial charge in [-0.15, -0.1) is 0 Å². The van der Waals surface area contributed by atoms with Crippen molar-refractivity contribution in [2.75, 3.05) is 36.5 Å². The Kier molecular flexibility index (Phi) is 6.53. The van der Waals surface area contributed by atoms with Gasteiger partial charge in [0.15, 0.2) is 0 Å². The van der Waals surface area contributed by atoms with E-state index in [4.69, 9.17) is 21.1 Å². The number of morpholine rings is 1. The van der Waals surface area contributed by atoms with Crippen LogP contribution in [0.2, 0.25) is 5.02 Å². The summed E-state index contributed by atoms with van der Waals surface area (Å²) in [7, 11) is 0. The van der Waals surface area contributed by atoms with Crippen molar-refractivity contribution >= 4 is 34.6 Å². The molecular weight excluding hydrogens is 434 g/mol. The molecule has 1 amide bonds. The third kappa shape index (κ3) is 5.16. The average Bonchev–Trinajstić information content (AvgIpc) is 2.81. The zero-order valence-electron chi connectivity index (χ0n) is 17.0. The van der Waals surface area contributed by atoms with E-state index in [-0.39, 0.29) is 22.4 Å². The third-order valence-corrected chi connectivity index (χ3v) is 5.18. The molecule has 4 rings (SSSR count). The van der Waals surface area contributed by atoms with Crippen LogP contribution in [0.5, 0.6) is 11.5 Å². The van der Waals surface area contributed by atoms with E-state index in [0.717, 1.165) is 18.8 Å². The zero-order valence-corrected chi connectivity index (χ0v) is 17.7. The van der Waals surface area contributed by atoms with E-state index in [9.17, 15) is 14.9 Å². The molecule has 8 nitrogen and oxygen atoms in total. The van der Waals surface area contributed by atoms with Gasteiger partial charge in [0.25, 0.3) is 5.91 Å². The number of nitro groups is 1. The minimum absolute atomic E-state index is 0.0662. The average molecular weight is 454 g/mol. The van der Waals surface area contributed by atoms with Crippen LogP contribution in [-0.4, -0.2) is 37.1 Å². The number of hydrogen-bond acceptors (Lipinski definition) is 6. The van der Waals surface area contributed by atoms with Gasteiger partial charge in [0.1, 0.15) is 5.75 Å². The van der Waals surface area contributed by atoms with Crippen molar-refractivity contribution < 1.29 is 19.2 Å². The summed E-state index contributed by atoms with van der Waals surface area (Å²) in [5.41, 5.74) is 1.91. The lowest BCUT2D eigenvalue weighted by atomic mass is 10.2. The number of rotatable bonds is 6. The van der Waals surface area contributed by atoms with E-state index in [2.05, 4.69) is 10.2 Å². The summed E-state index contributed by atoms with van der Waals surface area (Å²) in [6, 6.07) is 18.2. The minimum atomic E-state index is -0.561. The van der Waals surface area contributed by atoms with Crippen molar-refractivity contribution in [2.24, 2.45) is 0 Å². The molecule has 164 valence electrons. The highest BCUT2D eigenvalue weighted by atomic mass is 35.5. The van der Waals surface area contributed by atoms with Crippen LogP contribution >= 0.6 is 11.6 Å². The normalized spacial score (nSPS) is 13.5. The summed E-state index contributed by atoms with van der Waals surface area (Å²) < 4.78 is 11.0. The fourth-order valence-corrected chi connectivity index (χ4v) is 3.49. The monoisotopic (exact) mass is 453 g/mol. The number of carbonyl (C=O) groups is 1. The van der Waals surface area contributed by atoms with Crippen LogP contribution in [0.4, 0.5) is 17.1 Å². The van der Waals surface area contributed by atoms with Crippen LogP contribution in [0.15, 0.2) is 66.7 Å². The molecule has 1 saturated heterocycles. The van der Waals surface area contributed by atoms with Crippen molar-refractivity contribution in [3.8, 4) is 11.5 Å². The number of hydrogen-bond donors (Lipinski definition) is 1. The predicted octanol–water partition coefficient (Wildman–Crippen LogP) is 5.13. The first-order valence-corrected chi connectivity index (χ1v) is 10.3. The van der Waals surface area contributed by atoms with Crippen molar-refractivity contribution in [1.82, 2.24) is 0 Å². The number of anilines is 2. The molecule has 0 bridgehead atoms. The lowest BCUT2D eigenvalue weighted by Gasteiger charge is -2.29. The summed E-state index contributed by atoms with van der Waals surface area (Å²) in [4.78, 5) is 25.5. The van der Waals surface area contributed by atoms with Crippen LogP contribution in [-0.2, 0) is 4.74 Å². The SMILES string of the molecule is O=C(Nc1cccc(N2CCOCC2)c1)c1ccc(Oc2ccc(Cl)cc2[N+](=O)[O-])cc1. The first-order valence-electron chi connectivity index (χ1n) is 9.95. The van der Waals surface area contributed by atoms with E-state index < -0.39 is 4.92 Å². The molecular formula is C23H20ClN3O5. The van der Waals surface area contributed by atoms with Crippen LogP contribution in [0.25, 0.3) is 0 Å². The predicted molar refractivity (Wildman–Crippen MR) is 122 cm³/mol. The molecule has 3 aromatic carbocycles. The standard InChI is InChI=1S/C23H20ClN3O5/c24-17-6-9-22(21(14-17)27(29)30)32-20-7-4-16(5-8-20)23(28)25-18-2-1-3-19(15-18)26-10-12-31-13-11-26/h1-9,14-15H,10-13H2,(H,25,28). The summed E-state index contributed by atoms with van der Waals surface area (Å²) in [5, 5.41) is 14.4. The van der Waals surface area contributed by atoms with E-state index in [1.165, 1.54) is 18.2 Å². The van der Waals surface area contributed by atoms with Crippen LogP contribution in [0.1, 0.15) is 10.4 Å². The van der Waals surface area contributed by atoms with Crippen molar-refractivity contribution in [1.29, 1.82) is 0 Å². The van der Waals surface area contributed by atoms with Gasteiger partial charge in [-0.3, -0.25) is 14.9 Å². The van der Waals surface area contributed by atoms with Crippen molar-refractivity contribution in [2.45, 2.75) is 0 Å². The summed E-state index contributed by atoms with van der Waals surface area (Å²) in [5.74, 6) is 0.158. The summed E-state index contributed by atoms with van der Waals surface area (Å²) >= 11 is 5.83. The Morgan fingerprint density at radius 3 is 2.53 bits per heavy atom. The number of nitro benzene ring substituents is 1. The lowest BCUT2D eigenvalue weighted by molar-refractivity contribution is -0.385. The lowest BCUT2D eigenvalue weighted by Crippen LogP contribution is -2.36. The topological polar surface area (TPSA) is 93.9 Å². The van der Waals surface area contributed by atoms with Gasteiger partial charge in [-0.05, 0) is 54.6 Å². The molecule has 0 unspecified atom stereocenters. The molecule has 1 aliphatic heterocycles.